The van der Waals surface area contributed by atoms with Gasteiger partial charge in [-0.15, -0.1) is 0 Å². The van der Waals surface area contributed by atoms with Gasteiger partial charge in [0.25, 0.3) is 0 Å². The zero-order valence-electron chi connectivity index (χ0n) is 13.6. The van der Waals surface area contributed by atoms with Gasteiger partial charge in [0.2, 0.25) is 0 Å². The van der Waals surface area contributed by atoms with Crippen LogP contribution in [-0.2, 0) is 4.74 Å². The van der Waals surface area contributed by atoms with Gasteiger partial charge in [0.1, 0.15) is 11.5 Å². The van der Waals surface area contributed by atoms with Crippen LogP contribution in [0, 0.1) is 19.7 Å². The van der Waals surface area contributed by atoms with Crippen LogP contribution >= 0.6 is 15.9 Å². The highest BCUT2D eigenvalue weighted by atomic mass is 79.9. The van der Waals surface area contributed by atoms with E-state index in [1.807, 2.05) is 0 Å². The van der Waals surface area contributed by atoms with E-state index in [9.17, 15) is 14.0 Å². The van der Waals surface area contributed by atoms with E-state index in [1.54, 1.807) is 32.9 Å². The molecule has 2 rings (SSSR count). The molecule has 0 spiro atoms. The number of nitrogens with one attached hydrogen (secondary N) is 1. The second kappa shape index (κ2) is 7.57. The van der Waals surface area contributed by atoms with Crippen LogP contribution in [0.2, 0.25) is 0 Å². The molecular weight excluding hydrogens is 377 g/mol. The zero-order valence-corrected chi connectivity index (χ0v) is 15.2. The smallest absolute Gasteiger partial charge is 0.355 e. The number of hydrogen-bond acceptors (Lipinski definition) is 3. The molecule has 0 radical (unpaired) electrons. The molecule has 24 heavy (non-hydrogen) atoms. The van der Waals surface area contributed by atoms with Gasteiger partial charge in [-0.25, -0.2) is 9.18 Å². The number of H-pyrrole nitrogens is 1. The molecule has 4 nitrogen and oxygen atoms in total. The topological polar surface area (TPSA) is 59.2 Å². The monoisotopic (exact) mass is 393 g/mol. The molecule has 0 saturated heterocycles. The second-order valence-corrected chi connectivity index (χ2v) is 6.12. The molecule has 126 valence electrons. The van der Waals surface area contributed by atoms with E-state index in [-0.39, 0.29) is 18.1 Å². The van der Waals surface area contributed by atoms with Crippen LogP contribution in [0.4, 0.5) is 4.39 Å². The molecule has 0 unspecified atom stereocenters. The lowest BCUT2D eigenvalue weighted by Gasteiger charge is -2.01. The van der Waals surface area contributed by atoms with Gasteiger partial charge < -0.3 is 9.72 Å². The molecule has 0 bridgehead atoms. The van der Waals surface area contributed by atoms with E-state index in [0.29, 0.717) is 26.9 Å². The summed E-state index contributed by atoms with van der Waals surface area (Å²) in [5, 5.41) is 0. The van der Waals surface area contributed by atoms with Crippen molar-refractivity contribution in [2.45, 2.75) is 20.8 Å². The first-order valence-electron chi connectivity index (χ1n) is 7.38. The first-order valence-corrected chi connectivity index (χ1v) is 8.18. The van der Waals surface area contributed by atoms with Crippen molar-refractivity contribution in [3.63, 3.8) is 0 Å². The number of halogens is 2. The van der Waals surface area contributed by atoms with Crippen molar-refractivity contribution in [3.05, 3.63) is 62.6 Å². The Kier molecular flexibility index (Phi) is 5.72. The number of carbonyl (C=O) groups is 2. The molecule has 1 aromatic carbocycles. The van der Waals surface area contributed by atoms with E-state index in [2.05, 4.69) is 20.9 Å². The third kappa shape index (κ3) is 3.82. The summed E-state index contributed by atoms with van der Waals surface area (Å²) in [4.78, 5) is 27.2. The predicted molar refractivity (Wildman–Crippen MR) is 93.7 cm³/mol. The highest BCUT2D eigenvalue weighted by Gasteiger charge is 2.21. The summed E-state index contributed by atoms with van der Waals surface area (Å²) in [6.45, 7) is 5.35. The van der Waals surface area contributed by atoms with E-state index < -0.39 is 11.8 Å². The molecule has 1 aromatic heterocycles. The average Bonchev–Trinajstić information content (AvgIpc) is 2.81. The number of hydrogen-bond donors (Lipinski definition) is 1. The van der Waals surface area contributed by atoms with Gasteiger partial charge >= 0.3 is 5.97 Å². The molecular formula is C18H17BrFNO3. The lowest BCUT2D eigenvalue weighted by Crippen LogP contribution is -2.07. The van der Waals surface area contributed by atoms with Crippen molar-refractivity contribution in [3.8, 4) is 0 Å². The molecule has 2 aromatic rings. The fourth-order valence-electron chi connectivity index (χ4n) is 2.41. The van der Waals surface area contributed by atoms with E-state index in [0.717, 1.165) is 0 Å². The number of esters is 1. The summed E-state index contributed by atoms with van der Waals surface area (Å²) in [5.74, 6) is -1.23. The highest BCUT2D eigenvalue weighted by Crippen LogP contribution is 2.21. The number of allylic oxidation sites excluding steroid dienone is 1. The predicted octanol–water partition coefficient (Wildman–Crippen LogP) is 4.61. The number of aryl methyl sites for hydroxylation is 1. The second-order valence-electron chi connectivity index (χ2n) is 5.21. The summed E-state index contributed by atoms with van der Waals surface area (Å²) in [6.07, 6.45) is 2.71. The molecule has 0 aliphatic carbocycles. The Morgan fingerprint density at radius 2 is 2.04 bits per heavy atom. The van der Waals surface area contributed by atoms with Crippen molar-refractivity contribution < 1.29 is 18.7 Å². The zero-order chi connectivity index (χ0) is 17.9. The lowest BCUT2D eigenvalue weighted by atomic mass is 10.0. The minimum atomic E-state index is -0.500. The Bertz CT molecular complexity index is 824. The van der Waals surface area contributed by atoms with E-state index >= 15 is 0 Å². The largest absolute Gasteiger partial charge is 0.461 e. The van der Waals surface area contributed by atoms with Crippen molar-refractivity contribution >= 4 is 33.8 Å². The van der Waals surface area contributed by atoms with Gasteiger partial charge in [-0.1, -0.05) is 22.0 Å². The summed E-state index contributed by atoms with van der Waals surface area (Å²) in [7, 11) is 0. The van der Waals surface area contributed by atoms with Crippen LogP contribution < -0.4 is 0 Å². The van der Waals surface area contributed by atoms with Crippen molar-refractivity contribution in [2.75, 3.05) is 6.61 Å². The third-order valence-electron chi connectivity index (χ3n) is 3.54. The van der Waals surface area contributed by atoms with Crippen LogP contribution in [0.15, 0.2) is 28.7 Å². The Hall–Kier alpha value is -2.21. The first-order chi connectivity index (χ1) is 11.3. The van der Waals surface area contributed by atoms with Gasteiger partial charge in [0, 0.05) is 21.3 Å². The fraction of sp³-hybridized carbons (Fsp3) is 0.222. The molecule has 0 saturated carbocycles. The van der Waals surface area contributed by atoms with Gasteiger partial charge in [-0.2, -0.15) is 0 Å². The van der Waals surface area contributed by atoms with Gasteiger partial charge in [0.05, 0.1) is 6.61 Å². The number of rotatable bonds is 5. The lowest BCUT2D eigenvalue weighted by molar-refractivity contribution is 0.0519. The summed E-state index contributed by atoms with van der Waals surface area (Å²) >= 11 is 3.18. The maximum absolute atomic E-state index is 13.8. The number of carbonyl (C=O) groups excluding carboxylic acids is 2. The Labute approximate surface area is 147 Å². The number of ketones is 1. The van der Waals surface area contributed by atoms with Crippen LogP contribution in [0.3, 0.4) is 0 Å². The summed E-state index contributed by atoms with van der Waals surface area (Å²) in [5.41, 5.74) is 2.06. The van der Waals surface area contributed by atoms with Gasteiger partial charge in [-0.3, -0.25) is 4.79 Å². The SMILES string of the molecule is CCOC(=O)c1[nH]c(C)c(C(=O)/C=C/c2ccc(Br)cc2F)c1C. The van der Waals surface area contributed by atoms with Crippen LogP contribution in [-0.4, -0.2) is 23.3 Å². The Morgan fingerprint density at radius 3 is 2.67 bits per heavy atom. The van der Waals surface area contributed by atoms with Crippen molar-refractivity contribution in [2.24, 2.45) is 0 Å². The quantitative estimate of drug-likeness (QED) is 0.458. The maximum atomic E-state index is 13.8. The van der Waals surface area contributed by atoms with Crippen LogP contribution in [0.25, 0.3) is 6.08 Å². The Balaban J connectivity index is 2.30. The minimum Gasteiger partial charge on any atom is -0.461 e. The van der Waals surface area contributed by atoms with Crippen LogP contribution in [0.5, 0.6) is 0 Å². The molecule has 0 aliphatic rings. The summed E-state index contributed by atoms with van der Waals surface area (Å²) < 4.78 is 19.4. The molecule has 0 fully saturated rings. The number of benzene rings is 1. The van der Waals surface area contributed by atoms with E-state index in [4.69, 9.17) is 4.74 Å². The minimum absolute atomic E-state index is 0.252. The third-order valence-corrected chi connectivity index (χ3v) is 4.03. The molecule has 6 heteroatoms. The highest BCUT2D eigenvalue weighted by molar-refractivity contribution is 9.10. The van der Waals surface area contributed by atoms with Crippen molar-refractivity contribution in [1.29, 1.82) is 0 Å². The molecule has 0 aliphatic heterocycles. The van der Waals surface area contributed by atoms with Crippen LogP contribution in [0.1, 0.15) is 44.6 Å². The average molecular weight is 394 g/mol. The van der Waals surface area contributed by atoms with Gasteiger partial charge in [-0.05, 0) is 50.6 Å². The maximum Gasteiger partial charge on any atom is 0.355 e. The standard InChI is InChI=1S/C18H17BrFNO3/c1-4-24-18(23)17-10(2)16(11(3)21-17)15(22)8-6-12-5-7-13(19)9-14(12)20/h5-9,21H,4H2,1-3H3/b8-6+. The number of aromatic nitrogens is 1. The molecule has 1 heterocycles. The Morgan fingerprint density at radius 1 is 1.33 bits per heavy atom. The van der Waals surface area contributed by atoms with E-state index in [1.165, 1.54) is 18.2 Å². The molecule has 1 N–H and O–H groups in total. The normalized spacial score (nSPS) is 11.0. The number of aromatic amines is 1. The molecule has 0 atom stereocenters. The summed E-state index contributed by atoms with van der Waals surface area (Å²) in [6, 6.07) is 4.60. The van der Waals surface area contributed by atoms with Crippen molar-refractivity contribution in [1.82, 2.24) is 4.98 Å². The fourth-order valence-corrected chi connectivity index (χ4v) is 2.75. The first kappa shape index (κ1) is 18.1. The molecule has 0 amide bonds. The van der Waals surface area contributed by atoms with Gasteiger partial charge in [0.15, 0.2) is 5.78 Å². The number of ether oxygens (including phenoxy) is 1.